The lowest BCUT2D eigenvalue weighted by Crippen LogP contribution is -2.52. The summed E-state index contributed by atoms with van der Waals surface area (Å²) >= 11 is 0. The Morgan fingerprint density at radius 2 is 1.57 bits per heavy atom. The minimum absolute atomic E-state index is 0. The Morgan fingerprint density at radius 1 is 1.00 bits per heavy atom. The van der Waals surface area contributed by atoms with Crippen molar-refractivity contribution in [3.8, 4) is 0 Å². The van der Waals surface area contributed by atoms with Crippen molar-refractivity contribution < 1.29 is 22.8 Å². The van der Waals surface area contributed by atoms with Gasteiger partial charge in [-0.1, -0.05) is 6.42 Å². The summed E-state index contributed by atoms with van der Waals surface area (Å²) in [5.74, 6) is 0.0255. The average molecular weight is 420 g/mol. The van der Waals surface area contributed by atoms with Gasteiger partial charge in [-0.25, -0.2) is 0 Å². The maximum absolute atomic E-state index is 12.7. The fourth-order valence-electron chi connectivity index (χ4n) is 3.99. The first kappa shape index (κ1) is 22.5. The molecule has 1 aliphatic carbocycles. The maximum atomic E-state index is 12.7. The highest BCUT2D eigenvalue weighted by molar-refractivity contribution is 5.94. The highest BCUT2D eigenvalue weighted by atomic mass is 35.5. The van der Waals surface area contributed by atoms with Crippen molar-refractivity contribution in [2.45, 2.75) is 25.4 Å². The third-order valence-corrected chi connectivity index (χ3v) is 5.62. The second-order valence-corrected chi connectivity index (χ2v) is 7.23. The molecular formula is C19H25ClF3N3O2. The highest BCUT2D eigenvalue weighted by Gasteiger charge is 2.36. The van der Waals surface area contributed by atoms with Gasteiger partial charge in [0.25, 0.3) is 5.91 Å². The van der Waals surface area contributed by atoms with Crippen LogP contribution < -0.4 is 5.73 Å². The highest BCUT2D eigenvalue weighted by Crippen LogP contribution is 2.33. The van der Waals surface area contributed by atoms with Gasteiger partial charge in [0.05, 0.1) is 5.56 Å². The molecule has 1 aromatic carbocycles. The van der Waals surface area contributed by atoms with Gasteiger partial charge in [0.15, 0.2) is 0 Å². The minimum Gasteiger partial charge on any atom is -0.339 e. The fourth-order valence-corrected chi connectivity index (χ4v) is 3.99. The van der Waals surface area contributed by atoms with Gasteiger partial charge in [0, 0.05) is 37.7 Å². The number of carbonyl (C=O) groups excluding carboxylic acids is 2. The van der Waals surface area contributed by atoms with E-state index in [0.717, 1.165) is 31.4 Å². The van der Waals surface area contributed by atoms with E-state index in [1.54, 1.807) is 9.80 Å². The number of halogens is 4. The molecule has 9 heteroatoms. The normalized spacial score (nSPS) is 22.7. The summed E-state index contributed by atoms with van der Waals surface area (Å²) in [4.78, 5) is 28.6. The Hall–Kier alpha value is -1.80. The lowest BCUT2D eigenvalue weighted by molar-refractivity contribution is -0.138. The van der Waals surface area contributed by atoms with Crippen LogP contribution in [-0.2, 0) is 11.0 Å². The van der Waals surface area contributed by atoms with Crippen LogP contribution in [0.1, 0.15) is 35.2 Å². The monoisotopic (exact) mass is 419 g/mol. The number of carbonyl (C=O) groups is 2. The summed E-state index contributed by atoms with van der Waals surface area (Å²) in [5.41, 5.74) is 5.21. The Labute approximate surface area is 168 Å². The second kappa shape index (κ2) is 9.13. The molecule has 2 N–H and O–H groups in total. The summed E-state index contributed by atoms with van der Waals surface area (Å²) in [6.07, 6.45) is -1.55. The molecule has 5 nitrogen and oxygen atoms in total. The first-order chi connectivity index (χ1) is 12.8. The van der Waals surface area contributed by atoms with Crippen LogP contribution in [0.25, 0.3) is 0 Å². The summed E-state index contributed by atoms with van der Waals surface area (Å²) in [7, 11) is 0. The molecule has 28 heavy (non-hydrogen) atoms. The molecule has 0 bridgehead atoms. The summed E-state index contributed by atoms with van der Waals surface area (Å²) < 4.78 is 37.9. The smallest absolute Gasteiger partial charge is 0.339 e. The SMILES string of the molecule is Cl.NC[C@H]1CCC[C@H]1C(=O)N1CCN(C(=O)c2ccc(C(F)(F)F)cc2)CC1. The lowest BCUT2D eigenvalue weighted by Gasteiger charge is -2.36. The molecule has 0 spiro atoms. The quantitative estimate of drug-likeness (QED) is 0.819. The molecule has 2 amide bonds. The molecule has 0 radical (unpaired) electrons. The van der Waals surface area contributed by atoms with Crippen molar-refractivity contribution in [2.75, 3.05) is 32.7 Å². The van der Waals surface area contributed by atoms with Gasteiger partial charge < -0.3 is 15.5 Å². The van der Waals surface area contributed by atoms with Gasteiger partial charge in [-0.05, 0) is 49.6 Å². The standard InChI is InChI=1S/C19H24F3N3O2.ClH/c20-19(21,22)15-6-4-13(5-7-15)17(26)24-8-10-25(11-9-24)18(27)16-3-1-2-14(16)12-23;/h4-7,14,16H,1-3,8-12,23H2;1H/t14-,16-;/m1./s1. The van der Waals surface area contributed by atoms with Crippen molar-refractivity contribution in [3.05, 3.63) is 35.4 Å². The summed E-state index contributed by atoms with van der Waals surface area (Å²) in [5, 5.41) is 0. The van der Waals surface area contributed by atoms with Gasteiger partial charge in [0.1, 0.15) is 0 Å². The third-order valence-electron chi connectivity index (χ3n) is 5.62. The van der Waals surface area contributed by atoms with Gasteiger partial charge in [-0.15, -0.1) is 12.4 Å². The zero-order chi connectivity index (χ0) is 19.6. The summed E-state index contributed by atoms with van der Waals surface area (Å²) in [6, 6.07) is 4.24. The number of amides is 2. The van der Waals surface area contributed by atoms with Crippen LogP contribution in [0.5, 0.6) is 0 Å². The predicted molar refractivity (Wildman–Crippen MR) is 101 cm³/mol. The lowest BCUT2D eigenvalue weighted by atomic mass is 9.94. The molecule has 2 aliphatic rings. The predicted octanol–water partition coefficient (Wildman–Crippen LogP) is 2.79. The van der Waals surface area contributed by atoms with Crippen LogP contribution >= 0.6 is 12.4 Å². The molecule has 1 heterocycles. The Kier molecular flexibility index (Phi) is 7.33. The first-order valence-electron chi connectivity index (χ1n) is 9.26. The molecule has 2 fully saturated rings. The van der Waals surface area contributed by atoms with E-state index in [9.17, 15) is 22.8 Å². The number of hydrogen-bond acceptors (Lipinski definition) is 3. The molecular weight excluding hydrogens is 395 g/mol. The molecule has 0 unspecified atom stereocenters. The number of benzene rings is 1. The second-order valence-electron chi connectivity index (χ2n) is 7.23. The average Bonchev–Trinajstić information content (AvgIpc) is 3.15. The van der Waals surface area contributed by atoms with Crippen LogP contribution in [0.2, 0.25) is 0 Å². The van der Waals surface area contributed by atoms with Gasteiger partial charge >= 0.3 is 6.18 Å². The molecule has 1 saturated carbocycles. The molecule has 1 aliphatic heterocycles. The molecule has 156 valence electrons. The number of nitrogens with two attached hydrogens (primary N) is 1. The Bertz CT molecular complexity index is 689. The van der Waals surface area contributed by atoms with Crippen LogP contribution in [0.3, 0.4) is 0 Å². The first-order valence-corrected chi connectivity index (χ1v) is 9.26. The van der Waals surface area contributed by atoms with E-state index in [-0.39, 0.29) is 41.6 Å². The van der Waals surface area contributed by atoms with Crippen molar-refractivity contribution in [1.82, 2.24) is 9.80 Å². The number of rotatable bonds is 3. The van der Waals surface area contributed by atoms with E-state index in [1.807, 2.05) is 0 Å². The number of alkyl halides is 3. The number of piperazine rings is 1. The molecule has 1 saturated heterocycles. The maximum Gasteiger partial charge on any atom is 0.416 e. The van der Waals surface area contributed by atoms with Gasteiger partial charge in [-0.2, -0.15) is 13.2 Å². The topological polar surface area (TPSA) is 66.6 Å². The van der Waals surface area contributed by atoms with Crippen molar-refractivity contribution in [2.24, 2.45) is 17.6 Å². The van der Waals surface area contributed by atoms with Crippen molar-refractivity contribution >= 4 is 24.2 Å². The van der Waals surface area contributed by atoms with Crippen LogP contribution in [0.15, 0.2) is 24.3 Å². The van der Waals surface area contributed by atoms with E-state index in [0.29, 0.717) is 32.7 Å². The molecule has 1 aromatic rings. The zero-order valence-electron chi connectivity index (χ0n) is 15.5. The van der Waals surface area contributed by atoms with E-state index in [2.05, 4.69) is 0 Å². The van der Waals surface area contributed by atoms with Crippen LogP contribution in [0.4, 0.5) is 13.2 Å². The van der Waals surface area contributed by atoms with Crippen LogP contribution in [-0.4, -0.2) is 54.3 Å². The Balaban J connectivity index is 0.00000280. The largest absolute Gasteiger partial charge is 0.416 e. The van der Waals surface area contributed by atoms with Crippen LogP contribution in [0, 0.1) is 11.8 Å². The number of hydrogen-bond donors (Lipinski definition) is 1. The van der Waals surface area contributed by atoms with Gasteiger partial charge in [-0.3, -0.25) is 9.59 Å². The van der Waals surface area contributed by atoms with E-state index in [4.69, 9.17) is 5.73 Å². The Morgan fingerprint density at radius 3 is 2.11 bits per heavy atom. The fraction of sp³-hybridized carbons (Fsp3) is 0.579. The minimum atomic E-state index is -4.42. The molecule has 3 rings (SSSR count). The zero-order valence-corrected chi connectivity index (χ0v) is 16.3. The van der Waals surface area contributed by atoms with E-state index in [1.165, 1.54) is 12.1 Å². The molecule has 2 atom stereocenters. The van der Waals surface area contributed by atoms with Crippen molar-refractivity contribution in [1.29, 1.82) is 0 Å². The third kappa shape index (κ3) is 4.78. The molecule has 0 aromatic heterocycles. The van der Waals surface area contributed by atoms with Gasteiger partial charge in [0.2, 0.25) is 5.91 Å². The van der Waals surface area contributed by atoms with E-state index >= 15 is 0 Å². The van der Waals surface area contributed by atoms with E-state index < -0.39 is 11.7 Å². The summed E-state index contributed by atoms with van der Waals surface area (Å²) in [6.45, 7) is 2.16. The van der Waals surface area contributed by atoms with Crippen molar-refractivity contribution in [3.63, 3.8) is 0 Å². The number of nitrogens with zero attached hydrogens (tertiary/aromatic N) is 2.